The molecule has 3 N–H and O–H groups in total. The quantitative estimate of drug-likeness (QED) is 0.891. The molecule has 0 aliphatic carbocycles. The number of nitrogens with zero attached hydrogens (tertiary/aromatic N) is 1. The van der Waals surface area contributed by atoms with E-state index >= 15 is 0 Å². The number of carbonyl (C=O) groups excluding carboxylic acids is 1. The van der Waals surface area contributed by atoms with Crippen molar-refractivity contribution >= 4 is 29.7 Å². The molecule has 0 bridgehead atoms. The highest BCUT2D eigenvalue weighted by molar-refractivity contribution is 7.09. The molecular weight excluding hydrogens is 294 g/mol. The second-order valence-corrected chi connectivity index (χ2v) is 6.98. The smallest absolute Gasteiger partial charge is 0.234 e. The molecule has 1 unspecified atom stereocenters. The summed E-state index contributed by atoms with van der Waals surface area (Å²) in [5.74, 6) is 0.0969. The molecule has 6 heteroatoms. The second-order valence-electron chi connectivity index (χ2n) is 5.95. The van der Waals surface area contributed by atoms with Crippen LogP contribution in [-0.2, 0) is 11.3 Å². The first-order valence-corrected chi connectivity index (χ1v) is 7.62. The van der Waals surface area contributed by atoms with Gasteiger partial charge in [-0.2, -0.15) is 0 Å². The average molecular weight is 318 g/mol. The summed E-state index contributed by atoms with van der Waals surface area (Å²) in [4.78, 5) is 15.3. The van der Waals surface area contributed by atoms with Crippen LogP contribution in [0.3, 0.4) is 0 Å². The summed E-state index contributed by atoms with van der Waals surface area (Å²) in [7, 11) is 0. The molecule has 0 saturated carbocycles. The van der Waals surface area contributed by atoms with Crippen molar-refractivity contribution in [2.45, 2.75) is 32.9 Å². The van der Waals surface area contributed by atoms with Crippen LogP contribution in [0.2, 0.25) is 0 Å². The number of nitrogens with one attached hydrogen (secondary N) is 1. The fourth-order valence-electron chi connectivity index (χ4n) is 2.48. The van der Waals surface area contributed by atoms with Crippen molar-refractivity contribution in [2.75, 3.05) is 19.6 Å². The van der Waals surface area contributed by atoms with Crippen LogP contribution in [-0.4, -0.2) is 36.5 Å². The van der Waals surface area contributed by atoms with Gasteiger partial charge in [0.15, 0.2) is 0 Å². The van der Waals surface area contributed by atoms with Gasteiger partial charge in [-0.1, -0.05) is 19.9 Å². The summed E-state index contributed by atoms with van der Waals surface area (Å²) in [5, 5.41) is 4.99. The van der Waals surface area contributed by atoms with E-state index in [-0.39, 0.29) is 29.8 Å². The van der Waals surface area contributed by atoms with Crippen molar-refractivity contribution in [3.63, 3.8) is 0 Å². The minimum atomic E-state index is 0. The summed E-state index contributed by atoms with van der Waals surface area (Å²) in [6.07, 6.45) is 0.963. The summed E-state index contributed by atoms with van der Waals surface area (Å²) >= 11 is 1.67. The van der Waals surface area contributed by atoms with E-state index in [0.717, 1.165) is 19.5 Å². The predicted octanol–water partition coefficient (Wildman–Crippen LogP) is 1.85. The first kappa shape index (κ1) is 17.4. The second kappa shape index (κ2) is 7.41. The molecule has 1 atom stereocenters. The zero-order chi connectivity index (χ0) is 13.9. The standard InChI is InChI=1S/C14H23N3OS.ClH/c1-14(2)10-17(6-5-12(14)15)9-13(18)16-8-11-4-3-7-19-11;/h3-4,7,12H,5-6,8-10,15H2,1-2H3,(H,16,18);1H. The molecule has 0 aromatic carbocycles. The highest BCUT2D eigenvalue weighted by atomic mass is 35.5. The Kier molecular flexibility index (Phi) is 6.45. The summed E-state index contributed by atoms with van der Waals surface area (Å²) in [5.41, 5.74) is 6.19. The molecule has 4 nitrogen and oxygen atoms in total. The van der Waals surface area contributed by atoms with E-state index < -0.39 is 0 Å². The van der Waals surface area contributed by atoms with Gasteiger partial charge in [-0.3, -0.25) is 9.69 Å². The first-order valence-electron chi connectivity index (χ1n) is 6.74. The Morgan fingerprint density at radius 2 is 2.35 bits per heavy atom. The maximum absolute atomic E-state index is 11.9. The van der Waals surface area contributed by atoms with Crippen molar-refractivity contribution in [2.24, 2.45) is 11.1 Å². The lowest BCUT2D eigenvalue weighted by molar-refractivity contribution is -0.123. The van der Waals surface area contributed by atoms with Crippen molar-refractivity contribution in [1.82, 2.24) is 10.2 Å². The van der Waals surface area contributed by atoms with E-state index in [1.807, 2.05) is 17.5 Å². The van der Waals surface area contributed by atoms with Gasteiger partial charge in [0.25, 0.3) is 0 Å². The van der Waals surface area contributed by atoms with Crippen LogP contribution in [0.1, 0.15) is 25.1 Å². The van der Waals surface area contributed by atoms with Crippen LogP contribution in [0.5, 0.6) is 0 Å². The maximum atomic E-state index is 11.9. The number of carbonyl (C=O) groups is 1. The fourth-order valence-corrected chi connectivity index (χ4v) is 3.12. The number of thiophene rings is 1. The first-order chi connectivity index (χ1) is 8.97. The normalized spacial score (nSPS) is 22.1. The van der Waals surface area contributed by atoms with Crippen LogP contribution in [0.25, 0.3) is 0 Å². The molecule has 2 heterocycles. The third kappa shape index (κ3) is 4.74. The number of hydrogen-bond donors (Lipinski definition) is 2. The van der Waals surface area contributed by atoms with Gasteiger partial charge in [0.05, 0.1) is 13.1 Å². The Hall–Kier alpha value is -0.620. The molecule has 1 aromatic rings. The Bertz CT molecular complexity index is 422. The highest BCUT2D eigenvalue weighted by Crippen LogP contribution is 2.27. The van der Waals surface area contributed by atoms with Crippen LogP contribution >= 0.6 is 23.7 Å². The van der Waals surface area contributed by atoms with E-state index in [0.29, 0.717) is 13.1 Å². The third-order valence-corrected chi connectivity index (χ3v) is 4.67. The fraction of sp³-hybridized carbons (Fsp3) is 0.643. The van der Waals surface area contributed by atoms with Gasteiger partial charge >= 0.3 is 0 Å². The largest absolute Gasteiger partial charge is 0.350 e. The van der Waals surface area contributed by atoms with Crippen LogP contribution < -0.4 is 11.1 Å². The van der Waals surface area contributed by atoms with E-state index in [2.05, 4.69) is 24.1 Å². The molecule has 20 heavy (non-hydrogen) atoms. The lowest BCUT2D eigenvalue weighted by atomic mass is 9.80. The van der Waals surface area contributed by atoms with Crippen LogP contribution in [0.4, 0.5) is 0 Å². The Morgan fingerprint density at radius 3 is 2.95 bits per heavy atom. The number of likely N-dealkylation sites (tertiary alicyclic amines) is 1. The Labute approximate surface area is 131 Å². The number of halogens is 1. The Balaban J connectivity index is 0.00000200. The van der Waals surface area contributed by atoms with E-state index in [1.165, 1.54) is 4.88 Å². The predicted molar refractivity (Wildman–Crippen MR) is 86.2 cm³/mol. The topological polar surface area (TPSA) is 58.4 Å². The van der Waals surface area contributed by atoms with Gasteiger partial charge in [-0.05, 0) is 23.3 Å². The van der Waals surface area contributed by atoms with Gasteiger partial charge in [0.1, 0.15) is 0 Å². The number of hydrogen-bond acceptors (Lipinski definition) is 4. The Morgan fingerprint density at radius 1 is 1.60 bits per heavy atom. The lowest BCUT2D eigenvalue weighted by Gasteiger charge is -2.42. The van der Waals surface area contributed by atoms with E-state index in [9.17, 15) is 4.79 Å². The molecule has 1 aliphatic rings. The lowest BCUT2D eigenvalue weighted by Crippen LogP contribution is -2.54. The van der Waals surface area contributed by atoms with E-state index in [1.54, 1.807) is 11.3 Å². The molecule has 2 rings (SSSR count). The number of rotatable bonds is 4. The third-order valence-electron chi connectivity index (χ3n) is 3.80. The summed E-state index contributed by atoms with van der Waals surface area (Å²) in [6, 6.07) is 4.27. The SMILES string of the molecule is CC1(C)CN(CC(=O)NCc2cccs2)CCC1N.Cl. The van der Waals surface area contributed by atoms with Crippen LogP contribution in [0, 0.1) is 5.41 Å². The monoisotopic (exact) mass is 317 g/mol. The van der Waals surface area contributed by atoms with Gasteiger partial charge in [-0.25, -0.2) is 0 Å². The zero-order valence-corrected chi connectivity index (χ0v) is 13.7. The van der Waals surface area contributed by atoms with Gasteiger partial charge in [-0.15, -0.1) is 23.7 Å². The molecule has 114 valence electrons. The van der Waals surface area contributed by atoms with E-state index in [4.69, 9.17) is 5.73 Å². The maximum Gasteiger partial charge on any atom is 0.234 e. The molecule has 0 radical (unpaired) electrons. The van der Waals surface area contributed by atoms with Gasteiger partial charge in [0, 0.05) is 24.0 Å². The zero-order valence-electron chi connectivity index (χ0n) is 12.1. The molecule has 1 fully saturated rings. The van der Waals surface area contributed by atoms with Crippen LogP contribution in [0.15, 0.2) is 17.5 Å². The summed E-state index contributed by atoms with van der Waals surface area (Å²) in [6.45, 7) is 7.26. The minimum Gasteiger partial charge on any atom is -0.350 e. The van der Waals surface area contributed by atoms with Crippen molar-refractivity contribution in [1.29, 1.82) is 0 Å². The number of amides is 1. The van der Waals surface area contributed by atoms with Gasteiger partial charge < -0.3 is 11.1 Å². The highest BCUT2D eigenvalue weighted by Gasteiger charge is 2.33. The minimum absolute atomic E-state index is 0. The van der Waals surface area contributed by atoms with Crippen molar-refractivity contribution in [3.8, 4) is 0 Å². The molecular formula is C14H24ClN3OS. The van der Waals surface area contributed by atoms with Gasteiger partial charge in [0.2, 0.25) is 5.91 Å². The number of piperidine rings is 1. The molecule has 1 saturated heterocycles. The van der Waals surface area contributed by atoms with Crippen molar-refractivity contribution < 1.29 is 4.79 Å². The summed E-state index contributed by atoms with van der Waals surface area (Å²) < 4.78 is 0. The molecule has 1 amide bonds. The molecule has 1 aliphatic heterocycles. The molecule has 1 aromatic heterocycles. The van der Waals surface area contributed by atoms with Crippen molar-refractivity contribution in [3.05, 3.63) is 22.4 Å². The average Bonchev–Trinajstić information content (AvgIpc) is 2.84. The molecule has 0 spiro atoms. The number of nitrogens with two attached hydrogens (primary N) is 1.